The lowest BCUT2D eigenvalue weighted by Crippen LogP contribution is -2.53. The van der Waals surface area contributed by atoms with E-state index in [2.05, 4.69) is 16.6 Å². The molecule has 0 atom stereocenters. The highest BCUT2D eigenvalue weighted by Crippen LogP contribution is 1.98. The first-order chi connectivity index (χ1) is 6.63. The van der Waals surface area contributed by atoms with Gasteiger partial charge in [0.2, 0.25) is 11.8 Å². The first kappa shape index (κ1) is 10.2. The number of carbonyl (C=O) groups excluding carboxylic acids is 3. The first-order valence-corrected chi connectivity index (χ1v) is 3.98. The number of nitrogens with one attached hydrogen (secondary N) is 1. The molecule has 1 N–H and O–H groups in total. The number of piperazine rings is 1. The third-order valence-electron chi connectivity index (χ3n) is 1.53. The Hall–Kier alpha value is -1.85. The van der Waals surface area contributed by atoms with Crippen molar-refractivity contribution in [2.24, 2.45) is 0 Å². The predicted octanol–water partition coefficient (Wildman–Crippen LogP) is -0.733. The summed E-state index contributed by atoms with van der Waals surface area (Å²) in [6.45, 7) is 3.12. The van der Waals surface area contributed by atoms with Crippen LogP contribution in [-0.4, -0.2) is 42.5 Å². The fraction of sp³-hybridized carbons (Fsp3) is 0.375. The Kier molecular flexibility index (Phi) is 3.22. The molecule has 0 unspecified atom stereocenters. The van der Waals surface area contributed by atoms with E-state index in [1.807, 2.05) is 0 Å². The SMILES string of the molecule is C=CCOC(=O)N1CC(=O)NC(=O)C1. The van der Waals surface area contributed by atoms with Crippen molar-refractivity contribution in [3.8, 4) is 0 Å². The van der Waals surface area contributed by atoms with Gasteiger partial charge in [0.05, 0.1) is 0 Å². The van der Waals surface area contributed by atoms with Gasteiger partial charge in [-0.15, -0.1) is 0 Å². The Morgan fingerprint density at radius 1 is 1.50 bits per heavy atom. The second-order valence-electron chi connectivity index (χ2n) is 2.69. The second-order valence-corrected chi connectivity index (χ2v) is 2.69. The molecule has 0 radical (unpaired) electrons. The van der Waals surface area contributed by atoms with Crippen molar-refractivity contribution in [1.29, 1.82) is 0 Å². The zero-order valence-corrected chi connectivity index (χ0v) is 7.49. The number of imide groups is 1. The van der Waals surface area contributed by atoms with E-state index >= 15 is 0 Å². The molecular weight excluding hydrogens is 188 g/mol. The first-order valence-electron chi connectivity index (χ1n) is 3.98. The quantitative estimate of drug-likeness (QED) is 0.468. The average Bonchev–Trinajstić information content (AvgIpc) is 2.12. The molecule has 0 aromatic rings. The summed E-state index contributed by atoms with van der Waals surface area (Å²) in [4.78, 5) is 33.9. The number of amides is 3. The highest BCUT2D eigenvalue weighted by atomic mass is 16.6. The van der Waals surface area contributed by atoms with Crippen LogP contribution in [0.2, 0.25) is 0 Å². The minimum atomic E-state index is -0.687. The molecule has 6 heteroatoms. The zero-order chi connectivity index (χ0) is 10.6. The second kappa shape index (κ2) is 4.40. The van der Waals surface area contributed by atoms with Gasteiger partial charge in [0, 0.05) is 0 Å². The van der Waals surface area contributed by atoms with Crippen LogP contribution < -0.4 is 5.32 Å². The Labute approximate surface area is 80.5 Å². The summed E-state index contributed by atoms with van der Waals surface area (Å²) in [6.07, 6.45) is 0.720. The maximum Gasteiger partial charge on any atom is 0.411 e. The molecule has 76 valence electrons. The topological polar surface area (TPSA) is 75.7 Å². The third kappa shape index (κ3) is 2.58. The molecule has 1 rings (SSSR count). The van der Waals surface area contributed by atoms with Gasteiger partial charge < -0.3 is 4.74 Å². The van der Waals surface area contributed by atoms with Crippen LogP contribution in [0.1, 0.15) is 0 Å². The van der Waals surface area contributed by atoms with Gasteiger partial charge in [-0.3, -0.25) is 19.8 Å². The monoisotopic (exact) mass is 198 g/mol. The van der Waals surface area contributed by atoms with Gasteiger partial charge in [0.1, 0.15) is 19.7 Å². The lowest BCUT2D eigenvalue weighted by atomic mass is 10.4. The number of nitrogens with zero attached hydrogens (tertiary/aromatic N) is 1. The molecule has 6 nitrogen and oxygen atoms in total. The van der Waals surface area contributed by atoms with E-state index in [1.54, 1.807) is 0 Å². The van der Waals surface area contributed by atoms with Gasteiger partial charge in [0.15, 0.2) is 0 Å². The molecule has 0 aromatic heterocycles. The minimum absolute atomic E-state index is 0.0607. The van der Waals surface area contributed by atoms with Crippen molar-refractivity contribution in [3.05, 3.63) is 12.7 Å². The zero-order valence-electron chi connectivity index (χ0n) is 7.49. The highest BCUT2D eigenvalue weighted by Gasteiger charge is 2.26. The normalized spacial score (nSPS) is 16.1. The molecule has 0 aliphatic carbocycles. The summed E-state index contributed by atoms with van der Waals surface area (Å²) in [5.74, 6) is -1.01. The van der Waals surface area contributed by atoms with Gasteiger partial charge in [0.25, 0.3) is 0 Å². The molecule has 1 aliphatic heterocycles. The average molecular weight is 198 g/mol. The highest BCUT2D eigenvalue weighted by molar-refractivity contribution is 6.01. The van der Waals surface area contributed by atoms with E-state index in [0.29, 0.717) is 0 Å². The molecule has 14 heavy (non-hydrogen) atoms. The van der Waals surface area contributed by atoms with E-state index < -0.39 is 17.9 Å². The van der Waals surface area contributed by atoms with Crippen molar-refractivity contribution in [2.75, 3.05) is 19.7 Å². The van der Waals surface area contributed by atoms with Crippen molar-refractivity contribution < 1.29 is 19.1 Å². The van der Waals surface area contributed by atoms with Crippen LogP contribution in [0.4, 0.5) is 4.79 Å². The summed E-state index contributed by atoms with van der Waals surface area (Å²) >= 11 is 0. The summed E-state index contributed by atoms with van der Waals surface area (Å²) in [7, 11) is 0. The predicted molar refractivity (Wildman–Crippen MR) is 46.3 cm³/mol. The fourth-order valence-electron chi connectivity index (χ4n) is 0.988. The molecule has 0 saturated carbocycles. The Morgan fingerprint density at radius 3 is 2.57 bits per heavy atom. The molecule has 1 aliphatic rings. The van der Waals surface area contributed by atoms with E-state index in [9.17, 15) is 14.4 Å². The largest absolute Gasteiger partial charge is 0.445 e. The number of rotatable bonds is 2. The Balaban J connectivity index is 2.50. The van der Waals surface area contributed by atoms with Crippen LogP contribution in [0.3, 0.4) is 0 Å². The number of hydrogen-bond donors (Lipinski definition) is 1. The van der Waals surface area contributed by atoms with Crippen molar-refractivity contribution in [1.82, 2.24) is 10.2 Å². The van der Waals surface area contributed by atoms with Crippen LogP contribution in [0.25, 0.3) is 0 Å². The van der Waals surface area contributed by atoms with Crippen molar-refractivity contribution in [3.63, 3.8) is 0 Å². The van der Waals surface area contributed by atoms with Gasteiger partial charge in [-0.1, -0.05) is 12.7 Å². The standard InChI is InChI=1S/C8H10N2O4/c1-2-3-14-8(13)10-4-6(11)9-7(12)5-10/h2H,1,3-5H2,(H,9,11,12). The summed E-state index contributed by atoms with van der Waals surface area (Å²) < 4.78 is 4.66. The lowest BCUT2D eigenvalue weighted by molar-refractivity contribution is -0.135. The Bertz CT molecular complexity index is 271. The summed E-state index contributed by atoms with van der Waals surface area (Å²) in [5, 5.41) is 2.07. The Morgan fingerprint density at radius 2 is 2.07 bits per heavy atom. The van der Waals surface area contributed by atoms with Gasteiger partial charge in [-0.2, -0.15) is 0 Å². The number of carbonyl (C=O) groups is 3. The molecule has 0 spiro atoms. The van der Waals surface area contributed by atoms with Crippen molar-refractivity contribution in [2.45, 2.75) is 0 Å². The maximum absolute atomic E-state index is 11.2. The van der Waals surface area contributed by atoms with E-state index in [1.165, 1.54) is 6.08 Å². The third-order valence-corrected chi connectivity index (χ3v) is 1.53. The van der Waals surface area contributed by atoms with Gasteiger partial charge >= 0.3 is 6.09 Å². The van der Waals surface area contributed by atoms with E-state index in [4.69, 9.17) is 0 Å². The molecule has 1 heterocycles. The van der Waals surface area contributed by atoms with Crippen molar-refractivity contribution >= 4 is 17.9 Å². The van der Waals surface area contributed by atoms with Crippen LogP contribution >= 0.6 is 0 Å². The maximum atomic E-state index is 11.2. The molecule has 3 amide bonds. The summed E-state index contributed by atoms with van der Waals surface area (Å²) in [6, 6.07) is 0. The molecule has 0 bridgehead atoms. The lowest BCUT2D eigenvalue weighted by Gasteiger charge is -2.24. The van der Waals surface area contributed by atoms with Crippen LogP contribution in [0.15, 0.2) is 12.7 Å². The van der Waals surface area contributed by atoms with Crippen LogP contribution in [0, 0.1) is 0 Å². The number of hydrogen-bond acceptors (Lipinski definition) is 4. The molecule has 0 aromatic carbocycles. The minimum Gasteiger partial charge on any atom is -0.445 e. The van der Waals surface area contributed by atoms with E-state index in [-0.39, 0.29) is 19.7 Å². The molecule has 1 fully saturated rings. The van der Waals surface area contributed by atoms with E-state index in [0.717, 1.165) is 4.90 Å². The smallest absolute Gasteiger partial charge is 0.411 e. The van der Waals surface area contributed by atoms with Crippen LogP contribution in [0.5, 0.6) is 0 Å². The van der Waals surface area contributed by atoms with Gasteiger partial charge in [-0.25, -0.2) is 4.79 Å². The van der Waals surface area contributed by atoms with Crippen LogP contribution in [-0.2, 0) is 14.3 Å². The summed E-state index contributed by atoms with van der Waals surface area (Å²) in [5.41, 5.74) is 0. The number of ether oxygens (including phenoxy) is 1. The fourth-order valence-corrected chi connectivity index (χ4v) is 0.988. The molecule has 1 saturated heterocycles. The van der Waals surface area contributed by atoms with Gasteiger partial charge in [-0.05, 0) is 0 Å². The molecular formula is C8H10N2O4.